The smallest absolute Gasteiger partial charge is 0.261 e. The lowest BCUT2D eigenvalue weighted by Gasteiger charge is -2.17. The fourth-order valence-electron chi connectivity index (χ4n) is 1.94. The SMILES string of the molecule is CC[C@@H](Oc1ccc(OC)cc1)C(=O)NCc1ccncc1. The number of hydrogen-bond donors (Lipinski definition) is 1. The van der Waals surface area contributed by atoms with Crippen LogP contribution in [-0.4, -0.2) is 24.1 Å². The number of benzene rings is 1. The number of nitrogens with zero attached hydrogens (tertiary/aromatic N) is 1. The van der Waals surface area contributed by atoms with Crippen molar-refractivity contribution in [3.63, 3.8) is 0 Å². The van der Waals surface area contributed by atoms with Crippen LogP contribution in [0.25, 0.3) is 0 Å². The van der Waals surface area contributed by atoms with E-state index in [1.807, 2.05) is 19.1 Å². The summed E-state index contributed by atoms with van der Waals surface area (Å²) in [5, 5.41) is 2.88. The van der Waals surface area contributed by atoms with E-state index >= 15 is 0 Å². The monoisotopic (exact) mass is 300 g/mol. The van der Waals surface area contributed by atoms with Crippen LogP contribution in [0.5, 0.6) is 11.5 Å². The highest BCUT2D eigenvalue weighted by Gasteiger charge is 2.17. The summed E-state index contributed by atoms with van der Waals surface area (Å²) in [5.74, 6) is 1.27. The summed E-state index contributed by atoms with van der Waals surface area (Å²) >= 11 is 0. The van der Waals surface area contributed by atoms with Crippen LogP contribution in [0.3, 0.4) is 0 Å². The minimum Gasteiger partial charge on any atom is -0.497 e. The first-order valence-electron chi connectivity index (χ1n) is 7.20. The van der Waals surface area contributed by atoms with Gasteiger partial charge in [-0.3, -0.25) is 9.78 Å². The first-order valence-corrected chi connectivity index (χ1v) is 7.20. The number of aromatic nitrogens is 1. The Labute approximate surface area is 130 Å². The molecule has 116 valence electrons. The maximum absolute atomic E-state index is 12.2. The Balaban J connectivity index is 1.90. The Morgan fingerprint density at radius 1 is 1.14 bits per heavy atom. The van der Waals surface area contributed by atoms with Crippen LogP contribution in [0.2, 0.25) is 0 Å². The zero-order valence-corrected chi connectivity index (χ0v) is 12.8. The number of amides is 1. The third-order valence-electron chi connectivity index (χ3n) is 3.22. The van der Waals surface area contributed by atoms with E-state index in [4.69, 9.17) is 9.47 Å². The number of rotatable bonds is 7. The summed E-state index contributed by atoms with van der Waals surface area (Å²) in [7, 11) is 1.61. The molecule has 1 aromatic carbocycles. The third kappa shape index (κ3) is 4.48. The van der Waals surface area contributed by atoms with Gasteiger partial charge in [-0.2, -0.15) is 0 Å². The molecule has 0 aliphatic heterocycles. The van der Waals surface area contributed by atoms with Gasteiger partial charge in [-0.1, -0.05) is 6.92 Å². The molecule has 0 aliphatic carbocycles. The molecule has 0 spiro atoms. The van der Waals surface area contributed by atoms with Gasteiger partial charge < -0.3 is 14.8 Å². The van der Waals surface area contributed by atoms with Gasteiger partial charge in [0.05, 0.1) is 7.11 Å². The molecule has 0 unspecified atom stereocenters. The van der Waals surface area contributed by atoms with E-state index in [9.17, 15) is 4.79 Å². The van der Waals surface area contributed by atoms with Gasteiger partial charge in [0.25, 0.3) is 5.91 Å². The van der Waals surface area contributed by atoms with Crippen LogP contribution in [0.4, 0.5) is 0 Å². The predicted molar refractivity (Wildman–Crippen MR) is 83.8 cm³/mol. The Morgan fingerprint density at radius 3 is 2.36 bits per heavy atom. The van der Waals surface area contributed by atoms with Crippen molar-refractivity contribution >= 4 is 5.91 Å². The molecule has 5 nitrogen and oxygen atoms in total. The van der Waals surface area contributed by atoms with Crippen molar-refractivity contribution in [3.8, 4) is 11.5 Å². The molecular formula is C17H20N2O3. The third-order valence-corrected chi connectivity index (χ3v) is 3.22. The first kappa shape index (κ1) is 15.8. The molecule has 0 saturated carbocycles. The van der Waals surface area contributed by atoms with Crippen LogP contribution >= 0.6 is 0 Å². The van der Waals surface area contributed by atoms with Crippen molar-refractivity contribution in [2.45, 2.75) is 26.0 Å². The van der Waals surface area contributed by atoms with Crippen molar-refractivity contribution in [2.24, 2.45) is 0 Å². The van der Waals surface area contributed by atoms with E-state index in [1.165, 1.54) is 0 Å². The predicted octanol–water partition coefficient (Wildman–Crippen LogP) is 2.56. The summed E-state index contributed by atoms with van der Waals surface area (Å²) in [6, 6.07) is 10.9. The summed E-state index contributed by atoms with van der Waals surface area (Å²) in [4.78, 5) is 16.1. The highest BCUT2D eigenvalue weighted by molar-refractivity contribution is 5.81. The van der Waals surface area contributed by atoms with E-state index in [0.29, 0.717) is 18.7 Å². The van der Waals surface area contributed by atoms with E-state index in [1.54, 1.807) is 43.8 Å². The van der Waals surface area contributed by atoms with Gasteiger partial charge in [-0.05, 0) is 48.4 Å². The second kappa shape index (κ2) is 8.02. The van der Waals surface area contributed by atoms with Crippen LogP contribution in [0.15, 0.2) is 48.8 Å². The second-order valence-corrected chi connectivity index (χ2v) is 4.76. The van der Waals surface area contributed by atoms with Gasteiger partial charge in [-0.25, -0.2) is 0 Å². The molecule has 1 heterocycles. The summed E-state index contributed by atoms with van der Waals surface area (Å²) in [5.41, 5.74) is 1.00. The first-order chi connectivity index (χ1) is 10.7. The number of methoxy groups -OCH3 is 1. The number of hydrogen-bond acceptors (Lipinski definition) is 4. The molecule has 22 heavy (non-hydrogen) atoms. The number of carbonyl (C=O) groups excluding carboxylic acids is 1. The van der Waals surface area contributed by atoms with Gasteiger partial charge in [0.15, 0.2) is 6.10 Å². The van der Waals surface area contributed by atoms with Crippen LogP contribution in [0.1, 0.15) is 18.9 Å². The largest absolute Gasteiger partial charge is 0.497 e. The highest BCUT2D eigenvalue weighted by Crippen LogP contribution is 2.19. The maximum Gasteiger partial charge on any atom is 0.261 e. The number of ether oxygens (including phenoxy) is 2. The highest BCUT2D eigenvalue weighted by atomic mass is 16.5. The molecule has 0 fully saturated rings. The van der Waals surface area contributed by atoms with Crippen molar-refractivity contribution in [1.82, 2.24) is 10.3 Å². The second-order valence-electron chi connectivity index (χ2n) is 4.76. The molecule has 0 saturated heterocycles. The Hall–Kier alpha value is -2.56. The standard InChI is InChI=1S/C17H20N2O3/c1-3-16(22-15-6-4-14(21-2)5-7-15)17(20)19-12-13-8-10-18-11-9-13/h4-11,16H,3,12H2,1-2H3,(H,19,20)/t16-/m1/s1. The Kier molecular flexibility index (Phi) is 5.77. The average molecular weight is 300 g/mol. The van der Waals surface area contributed by atoms with Gasteiger partial charge >= 0.3 is 0 Å². The van der Waals surface area contributed by atoms with E-state index in [-0.39, 0.29) is 5.91 Å². The zero-order valence-electron chi connectivity index (χ0n) is 12.8. The van der Waals surface area contributed by atoms with Crippen molar-refractivity contribution in [1.29, 1.82) is 0 Å². The van der Waals surface area contributed by atoms with Gasteiger partial charge in [0.1, 0.15) is 11.5 Å². The van der Waals surface area contributed by atoms with Crippen LogP contribution in [-0.2, 0) is 11.3 Å². The molecule has 1 amide bonds. The fourth-order valence-corrected chi connectivity index (χ4v) is 1.94. The van der Waals surface area contributed by atoms with Crippen molar-refractivity contribution < 1.29 is 14.3 Å². The molecule has 0 radical (unpaired) electrons. The molecule has 1 aromatic heterocycles. The fraction of sp³-hybridized carbons (Fsp3) is 0.294. The summed E-state index contributed by atoms with van der Waals surface area (Å²) in [6.07, 6.45) is 3.48. The Morgan fingerprint density at radius 2 is 1.77 bits per heavy atom. The maximum atomic E-state index is 12.2. The molecule has 0 bridgehead atoms. The lowest BCUT2D eigenvalue weighted by atomic mass is 10.2. The lowest BCUT2D eigenvalue weighted by molar-refractivity contribution is -0.128. The van der Waals surface area contributed by atoms with Crippen molar-refractivity contribution in [2.75, 3.05) is 7.11 Å². The molecule has 5 heteroatoms. The number of pyridine rings is 1. The quantitative estimate of drug-likeness (QED) is 0.853. The minimum absolute atomic E-state index is 0.130. The normalized spacial score (nSPS) is 11.5. The van der Waals surface area contributed by atoms with E-state index in [0.717, 1.165) is 11.3 Å². The van der Waals surface area contributed by atoms with Gasteiger partial charge in [-0.15, -0.1) is 0 Å². The van der Waals surface area contributed by atoms with Gasteiger partial charge in [0.2, 0.25) is 0 Å². The van der Waals surface area contributed by atoms with E-state index in [2.05, 4.69) is 10.3 Å². The number of carbonyl (C=O) groups is 1. The van der Waals surface area contributed by atoms with E-state index < -0.39 is 6.10 Å². The van der Waals surface area contributed by atoms with Crippen molar-refractivity contribution in [3.05, 3.63) is 54.4 Å². The summed E-state index contributed by atoms with van der Waals surface area (Å²) < 4.78 is 10.8. The molecule has 1 atom stereocenters. The molecule has 2 rings (SSSR count). The zero-order chi connectivity index (χ0) is 15.8. The average Bonchev–Trinajstić information content (AvgIpc) is 2.59. The molecule has 2 aromatic rings. The Bertz CT molecular complexity index is 585. The number of nitrogens with one attached hydrogen (secondary N) is 1. The van der Waals surface area contributed by atoms with Gasteiger partial charge in [0, 0.05) is 18.9 Å². The summed E-state index contributed by atoms with van der Waals surface area (Å²) in [6.45, 7) is 2.38. The van der Waals surface area contributed by atoms with Crippen LogP contribution < -0.4 is 14.8 Å². The topological polar surface area (TPSA) is 60.5 Å². The lowest BCUT2D eigenvalue weighted by Crippen LogP contribution is -2.37. The molecular weight excluding hydrogens is 280 g/mol. The minimum atomic E-state index is -0.518. The molecule has 1 N–H and O–H groups in total. The molecule has 0 aliphatic rings. The van der Waals surface area contributed by atoms with Crippen LogP contribution in [0, 0.1) is 0 Å².